The molecule has 2 aromatic carbocycles. The summed E-state index contributed by atoms with van der Waals surface area (Å²) < 4.78 is 11.7. The lowest BCUT2D eigenvalue weighted by atomic mass is 10.3. The highest BCUT2D eigenvalue weighted by atomic mass is 35.5. The number of aryl methyl sites for hydroxylation is 1. The van der Waals surface area contributed by atoms with Gasteiger partial charge in [-0.1, -0.05) is 35.9 Å². The molecule has 0 fully saturated rings. The van der Waals surface area contributed by atoms with Gasteiger partial charge >= 0.3 is 11.7 Å². The molecule has 6 heteroatoms. The zero-order valence-corrected chi connectivity index (χ0v) is 12.2. The second kappa shape index (κ2) is 6.07. The fraction of sp³-hybridized carbons (Fsp3) is 0.125. The molecule has 0 bridgehead atoms. The SMILES string of the molecule is O=C(CCn1c(=O)oc2ccccc21)Oc1ccccc1Cl. The molecular weight excluding hydrogens is 306 g/mol. The summed E-state index contributed by atoms with van der Waals surface area (Å²) in [6, 6.07) is 13.8. The number of fused-ring (bicyclic) bond motifs is 1. The summed E-state index contributed by atoms with van der Waals surface area (Å²) in [4.78, 5) is 23.7. The van der Waals surface area contributed by atoms with Gasteiger partial charge in [0, 0.05) is 6.54 Å². The van der Waals surface area contributed by atoms with E-state index in [1.165, 1.54) is 4.57 Å². The Labute approximate surface area is 130 Å². The van der Waals surface area contributed by atoms with Crippen LogP contribution in [0.15, 0.2) is 57.7 Å². The Kier molecular flexibility index (Phi) is 3.98. The topological polar surface area (TPSA) is 61.4 Å². The van der Waals surface area contributed by atoms with E-state index in [-0.39, 0.29) is 13.0 Å². The molecule has 112 valence electrons. The first-order valence-electron chi connectivity index (χ1n) is 6.69. The van der Waals surface area contributed by atoms with Crippen molar-refractivity contribution in [1.82, 2.24) is 4.57 Å². The zero-order chi connectivity index (χ0) is 15.5. The number of carbonyl (C=O) groups excluding carboxylic acids is 1. The third kappa shape index (κ3) is 2.89. The van der Waals surface area contributed by atoms with Gasteiger partial charge < -0.3 is 9.15 Å². The van der Waals surface area contributed by atoms with Gasteiger partial charge in [-0.3, -0.25) is 9.36 Å². The number of hydrogen-bond acceptors (Lipinski definition) is 4. The highest BCUT2D eigenvalue weighted by Gasteiger charge is 2.12. The molecule has 1 heterocycles. The van der Waals surface area contributed by atoms with Crippen molar-refractivity contribution in [1.29, 1.82) is 0 Å². The second-order valence-electron chi connectivity index (χ2n) is 4.64. The van der Waals surface area contributed by atoms with Crippen LogP contribution in [0, 0.1) is 0 Å². The Bertz CT molecular complexity index is 881. The summed E-state index contributed by atoms with van der Waals surface area (Å²) in [7, 11) is 0. The summed E-state index contributed by atoms with van der Waals surface area (Å²) >= 11 is 5.92. The van der Waals surface area contributed by atoms with Crippen molar-refractivity contribution >= 4 is 28.7 Å². The number of carbonyl (C=O) groups is 1. The van der Waals surface area contributed by atoms with E-state index in [0.717, 1.165) is 0 Å². The van der Waals surface area contributed by atoms with E-state index in [4.69, 9.17) is 20.8 Å². The Morgan fingerprint density at radius 3 is 2.68 bits per heavy atom. The van der Waals surface area contributed by atoms with E-state index in [9.17, 15) is 9.59 Å². The number of halogens is 1. The highest BCUT2D eigenvalue weighted by molar-refractivity contribution is 6.32. The van der Waals surface area contributed by atoms with Crippen molar-refractivity contribution in [3.05, 3.63) is 64.1 Å². The minimum Gasteiger partial charge on any atom is -0.425 e. The van der Waals surface area contributed by atoms with Crippen LogP contribution in [0.5, 0.6) is 5.75 Å². The van der Waals surface area contributed by atoms with Gasteiger partial charge in [0.05, 0.1) is 17.0 Å². The number of aromatic nitrogens is 1. The summed E-state index contributed by atoms with van der Waals surface area (Å²) in [6.07, 6.45) is 0.0364. The van der Waals surface area contributed by atoms with Gasteiger partial charge in [-0.15, -0.1) is 0 Å². The lowest BCUT2D eigenvalue weighted by Gasteiger charge is -2.06. The maximum atomic E-state index is 11.9. The molecule has 0 N–H and O–H groups in total. The maximum Gasteiger partial charge on any atom is 0.419 e. The molecule has 0 radical (unpaired) electrons. The minimum absolute atomic E-state index is 0.0364. The van der Waals surface area contributed by atoms with Crippen LogP contribution in [0.2, 0.25) is 5.02 Å². The first kappa shape index (κ1) is 14.4. The van der Waals surface area contributed by atoms with E-state index >= 15 is 0 Å². The Hall–Kier alpha value is -2.53. The average Bonchev–Trinajstić information content (AvgIpc) is 2.83. The molecular formula is C16H12ClNO4. The summed E-state index contributed by atoms with van der Waals surface area (Å²) in [5.74, 6) is -0.657. The van der Waals surface area contributed by atoms with Crippen LogP contribution in [0.3, 0.4) is 0 Å². The molecule has 22 heavy (non-hydrogen) atoms. The molecule has 0 aliphatic heterocycles. The number of oxazole rings is 1. The quantitative estimate of drug-likeness (QED) is 0.547. The standard InChI is InChI=1S/C16H12ClNO4/c17-11-5-1-3-7-13(11)21-15(19)9-10-18-12-6-2-4-8-14(12)22-16(18)20/h1-8H,9-10H2. The monoisotopic (exact) mass is 317 g/mol. The average molecular weight is 318 g/mol. The van der Waals surface area contributed by atoms with Crippen molar-refractivity contribution in [2.24, 2.45) is 0 Å². The number of hydrogen-bond donors (Lipinski definition) is 0. The highest BCUT2D eigenvalue weighted by Crippen LogP contribution is 2.23. The van der Waals surface area contributed by atoms with Crippen LogP contribution in [-0.2, 0) is 11.3 Å². The van der Waals surface area contributed by atoms with E-state index in [2.05, 4.69) is 0 Å². The number of rotatable bonds is 4. The summed E-state index contributed by atoms with van der Waals surface area (Å²) in [5.41, 5.74) is 1.14. The molecule has 3 rings (SSSR count). The number of ether oxygens (including phenoxy) is 1. The first-order chi connectivity index (χ1) is 10.6. The van der Waals surface area contributed by atoms with Crippen LogP contribution >= 0.6 is 11.6 Å². The number of benzene rings is 2. The van der Waals surface area contributed by atoms with Crippen molar-refractivity contribution in [3.8, 4) is 5.75 Å². The first-order valence-corrected chi connectivity index (χ1v) is 7.06. The van der Waals surface area contributed by atoms with Crippen LogP contribution in [0.25, 0.3) is 11.1 Å². The largest absolute Gasteiger partial charge is 0.425 e. The molecule has 0 saturated heterocycles. The molecule has 0 unspecified atom stereocenters. The predicted molar refractivity (Wildman–Crippen MR) is 82.2 cm³/mol. The fourth-order valence-electron chi connectivity index (χ4n) is 2.13. The van der Waals surface area contributed by atoms with E-state index < -0.39 is 11.7 Å². The van der Waals surface area contributed by atoms with Gasteiger partial charge in [0.1, 0.15) is 5.75 Å². The second-order valence-corrected chi connectivity index (χ2v) is 5.05. The predicted octanol–water partition coefficient (Wildman–Crippen LogP) is 3.24. The lowest BCUT2D eigenvalue weighted by Crippen LogP contribution is -2.18. The van der Waals surface area contributed by atoms with Crippen molar-refractivity contribution in [2.75, 3.05) is 0 Å². The van der Waals surface area contributed by atoms with Crippen LogP contribution in [-0.4, -0.2) is 10.5 Å². The molecule has 0 atom stereocenters. The fourth-order valence-corrected chi connectivity index (χ4v) is 2.30. The van der Waals surface area contributed by atoms with E-state index in [0.29, 0.717) is 21.9 Å². The molecule has 0 aliphatic rings. The number of esters is 1. The van der Waals surface area contributed by atoms with Crippen molar-refractivity contribution in [2.45, 2.75) is 13.0 Å². The van der Waals surface area contributed by atoms with E-state index in [1.54, 1.807) is 48.5 Å². The van der Waals surface area contributed by atoms with Crippen LogP contribution in [0.1, 0.15) is 6.42 Å². The number of para-hydroxylation sites is 3. The molecule has 3 aromatic rings. The van der Waals surface area contributed by atoms with Gasteiger partial charge in [0.15, 0.2) is 5.58 Å². The van der Waals surface area contributed by atoms with Crippen LogP contribution in [0.4, 0.5) is 0 Å². The molecule has 1 aromatic heterocycles. The maximum absolute atomic E-state index is 11.9. The molecule has 0 amide bonds. The van der Waals surface area contributed by atoms with Crippen molar-refractivity contribution < 1.29 is 13.9 Å². The normalized spacial score (nSPS) is 10.8. The molecule has 0 saturated carbocycles. The number of nitrogens with zero attached hydrogens (tertiary/aromatic N) is 1. The van der Waals surface area contributed by atoms with Gasteiger partial charge in [-0.2, -0.15) is 0 Å². The van der Waals surface area contributed by atoms with Gasteiger partial charge in [0.25, 0.3) is 0 Å². The third-order valence-electron chi connectivity index (χ3n) is 3.17. The minimum atomic E-state index is -0.494. The third-order valence-corrected chi connectivity index (χ3v) is 3.49. The van der Waals surface area contributed by atoms with Gasteiger partial charge in [-0.25, -0.2) is 4.79 Å². The summed E-state index contributed by atoms with van der Waals surface area (Å²) in [5, 5.41) is 0.363. The Morgan fingerprint density at radius 2 is 1.86 bits per heavy atom. The lowest BCUT2D eigenvalue weighted by molar-refractivity contribution is -0.134. The molecule has 5 nitrogen and oxygen atoms in total. The van der Waals surface area contributed by atoms with Gasteiger partial charge in [0.2, 0.25) is 0 Å². The molecule has 0 aliphatic carbocycles. The molecule has 0 spiro atoms. The zero-order valence-electron chi connectivity index (χ0n) is 11.5. The van der Waals surface area contributed by atoms with Crippen molar-refractivity contribution in [3.63, 3.8) is 0 Å². The smallest absolute Gasteiger partial charge is 0.419 e. The summed E-state index contributed by atoms with van der Waals surface area (Å²) in [6.45, 7) is 0.180. The van der Waals surface area contributed by atoms with E-state index in [1.807, 2.05) is 0 Å². The van der Waals surface area contributed by atoms with Crippen LogP contribution < -0.4 is 10.5 Å². The Morgan fingerprint density at radius 1 is 1.14 bits per heavy atom. The Balaban J connectivity index is 1.72. The van der Waals surface area contributed by atoms with Gasteiger partial charge in [-0.05, 0) is 24.3 Å².